The average Bonchev–Trinajstić information content (AvgIpc) is 3.13. The minimum atomic E-state index is -0.370. The molecule has 1 atom stereocenters. The molecule has 0 fully saturated rings. The summed E-state index contributed by atoms with van der Waals surface area (Å²) in [6.07, 6.45) is 0.802. The second-order valence-electron chi connectivity index (χ2n) is 7.67. The SMILES string of the molecule is COc1cccc(NC(=O)CCn2nc(C(=O)N3c4ccccc4C[C@H]3C)ccc2=O)c1. The Bertz CT molecular complexity index is 1220. The summed E-state index contributed by atoms with van der Waals surface area (Å²) >= 11 is 0. The number of hydrogen-bond donors (Lipinski definition) is 1. The van der Waals surface area contributed by atoms with Crippen LogP contribution in [0.1, 0.15) is 29.4 Å². The highest BCUT2D eigenvalue weighted by atomic mass is 16.5. The van der Waals surface area contributed by atoms with Gasteiger partial charge in [0.25, 0.3) is 11.5 Å². The Labute approximate surface area is 185 Å². The second-order valence-corrected chi connectivity index (χ2v) is 7.67. The summed E-state index contributed by atoms with van der Waals surface area (Å²) < 4.78 is 6.30. The fourth-order valence-corrected chi connectivity index (χ4v) is 3.85. The predicted molar refractivity (Wildman–Crippen MR) is 121 cm³/mol. The van der Waals surface area contributed by atoms with Gasteiger partial charge in [0, 0.05) is 36.0 Å². The zero-order chi connectivity index (χ0) is 22.7. The van der Waals surface area contributed by atoms with Crippen molar-refractivity contribution in [1.82, 2.24) is 9.78 Å². The van der Waals surface area contributed by atoms with Crippen LogP contribution in [0.15, 0.2) is 65.5 Å². The van der Waals surface area contributed by atoms with Gasteiger partial charge in [0.2, 0.25) is 5.91 Å². The van der Waals surface area contributed by atoms with Crippen molar-refractivity contribution in [3.63, 3.8) is 0 Å². The zero-order valence-electron chi connectivity index (χ0n) is 17.9. The molecule has 0 spiro atoms. The first-order valence-corrected chi connectivity index (χ1v) is 10.4. The molecule has 0 aliphatic carbocycles. The molecular weight excluding hydrogens is 408 g/mol. The molecule has 3 aromatic rings. The van der Waals surface area contributed by atoms with Gasteiger partial charge in [-0.05, 0) is 43.2 Å². The lowest BCUT2D eigenvalue weighted by molar-refractivity contribution is -0.116. The zero-order valence-corrected chi connectivity index (χ0v) is 17.9. The molecule has 0 bridgehead atoms. The molecule has 2 heterocycles. The largest absolute Gasteiger partial charge is 0.497 e. The number of rotatable bonds is 6. The summed E-state index contributed by atoms with van der Waals surface area (Å²) in [5.74, 6) is 0.0902. The number of hydrogen-bond acceptors (Lipinski definition) is 5. The summed E-state index contributed by atoms with van der Waals surface area (Å²) in [5, 5.41) is 7.01. The molecule has 2 aromatic carbocycles. The average molecular weight is 432 g/mol. The van der Waals surface area contributed by atoms with Gasteiger partial charge in [0.1, 0.15) is 11.4 Å². The maximum atomic E-state index is 13.2. The third-order valence-corrected chi connectivity index (χ3v) is 5.42. The van der Waals surface area contributed by atoms with Crippen molar-refractivity contribution in [3.8, 4) is 5.75 Å². The fourth-order valence-electron chi connectivity index (χ4n) is 3.85. The molecule has 4 rings (SSSR count). The van der Waals surface area contributed by atoms with Crippen LogP contribution in [0.25, 0.3) is 0 Å². The number of amides is 2. The molecule has 1 N–H and O–H groups in total. The number of para-hydroxylation sites is 1. The highest BCUT2D eigenvalue weighted by Gasteiger charge is 2.32. The lowest BCUT2D eigenvalue weighted by Crippen LogP contribution is -2.37. The quantitative estimate of drug-likeness (QED) is 0.647. The van der Waals surface area contributed by atoms with E-state index in [9.17, 15) is 14.4 Å². The summed E-state index contributed by atoms with van der Waals surface area (Å²) in [7, 11) is 1.55. The number of methoxy groups -OCH3 is 1. The van der Waals surface area contributed by atoms with Gasteiger partial charge in [0.05, 0.1) is 13.7 Å². The van der Waals surface area contributed by atoms with Gasteiger partial charge in [-0.2, -0.15) is 5.10 Å². The van der Waals surface area contributed by atoms with Gasteiger partial charge in [0.15, 0.2) is 0 Å². The number of aromatic nitrogens is 2. The van der Waals surface area contributed by atoms with Gasteiger partial charge in [-0.3, -0.25) is 14.4 Å². The number of carbonyl (C=O) groups is 2. The van der Waals surface area contributed by atoms with E-state index in [4.69, 9.17) is 4.74 Å². The second kappa shape index (κ2) is 9.05. The number of aryl methyl sites for hydroxylation is 1. The number of benzene rings is 2. The number of ether oxygens (including phenoxy) is 1. The van der Waals surface area contributed by atoms with E-state index in [0.717, 1.165) is 22.4 Å². The van der Waals surface area contributed by atoms with Gasteiger partial charge < -0.3 is 15.0 Å². The van der Waals surface area contributed by atoms with Crippen LogP contribution < -0.4 is 20.5 Å². The predicted octanol–water partition coefficient (Wildman–Crippen LogP) is 2.87. The Balaban J connectivity index is 1.46. The number of nitrogens with one attached hydrogen (secondary N) is 1. The van der Waals surface area contributed by atoms with Crippen LogP contribution in [0, 0.1) is 0 Å². The van der Waals surface area contributed by atoms with Crippen LogP contribution in [-0.4, -0.2) is 34.7 Å². The first kappa shape index (κ1) is 21.3. The van der Waals surface area contributed by atoms with Gasteiger partial charge >= 0.3 is 0 Å². The van der Waals surface area contributed by atoms with Crippen molar-refractivity contribution < 1.29 is 14.3 Å². The van der Waals surface area contributed by atoms with E-state index in [2.05, 4.69) is 10.4 Å². The van der Waals surface area contributed by atoms with Gasteiger partial charge in [-0.25, -0.2) is 4.68 Å². The van der Waals surface area contributed by atoms with Crippen molar-refractivity contribution in [2.75, 3.05) is 17.3 Å². The standard InChI is InChI=1S/C24H24N4O4/c1-16-14-17-6-3-4-9-21(17)28(16)24(31)20-10-11-23(30)27(26-20)13-12-22(29)25-18-7-5-8-19(15-18)32-2/h3-11,15-16H,12-14H2,1-2H3,(H,25,29)/t16-/m1/s1. The van der Waals surface area contributed by atoms with Crippen LogP contribution >= 0.6 is 0 Å². The van der Waals surface area contributed by atoms with E-state index in [-0.39, 0.29) is 42.1 Å². The summed E-state index contributed by atoms with van der Waals surface area (Å²) in [4.78, 5) is 39.5. The third kappa shape index (κ3) is 4.39. The van der Waals surface area contributed by atoms with Crippen LogP contribution in [0.2, 0.25) is 0 Å². The van der Waals surface area contributed by atoms with Crippen molar-refractivity contribution in [2.45, 2.75) is 32.4 Å². The number of nitrogens with zero attached hydrogens (tertiary/aromatic N) is 3. The van der Waals surface area contributed by atoms with E-state index in [1.165, 1.54) is 12.1 Å². The highest BCUT2D eigenvalue weighted by molar-refractivity contribution is 6.06. The van der Waals surface area contributed by atoms with Crippen LogP contribution in [0.3, 0.4) is 0 Å². The molecule has 164 valence electrons. The molecule has 1 aliphatic rings. The smallest absolute Gasteiger partial charge is 0.278 e. The molecule has 32 heavy (non-hydrogen) atoms. The van der Waals surface area contributed by atoms with E-state index in [1.807, 2.05) is 31.2 Å². The highest BCUT2D eigenvalue weighted by Crippen LogP contribution is 2.32. The van der Waals surface area contributed by atoms with Gasteiger partial charge in [-0.15, -0.1) is 0 Å². The lowest BCUT2D eigenvalue weighted by atomic mass is 10.1. The van der Waals surface area contributed by atoms with Crippen molar-refractivity contribution >= 4 is 23.2 Å². The summed E-state index contributed by atoms with van der Waals surface area (Å²) in [6.45, 7) is 2.04. The molecule has 0 saturated heterocycles. The number of fused-ring (bicyclic) bond motifs is 1. The van der Waals surface area contributed by atoms with E-state index in [0.29, 0.717) is 11.4 Å². The Morgan fingerprint density at radius 3 is 2.75 bits per heavy atom. The first-order chi connectivity index (χ1) is 15.5. The Hall–Kier alpha value is -3.94. The van der Waals surface area contributed by atoms with Crippen molar-refractivity contribution in [1.29, 1.82) is 0 Å². The molecule has 8 heteroatoms. The van der Waals surface area contributed by atoms with E-state index >= 15 is 0 Å². The molecular formula is C24H24N4O4. The molecule has 0 radical (unpaired) electrons. The lowest BCUT2D eigenvalue weighted by Gasteiger charge is -2.22. The van der Waals surface area contributed by atoms with Crippen LogP contribution in [-0.2, 0) is 17.8 Å². The maximum Gasteiger partial charge on any atom is 0.278 e. The molecule has 2 amide bonds. The Kier molecular flexibility index (Phi) is 6.02. The molecule has 1 aliphatic heterocycles. The minimum Gasteiger partial charge on any atom is -0.497 e. The van der Waals surface area contributed by atoms with Gasteiger partial charge in [-0.1, -0.05) is 24.3 Å². The monoisotopic (exact) mass is 432 g/mol. The first-order valence-electron chi connectivity index (χ1n) is 10.4. The number of carbonyl (C=O) groups excluding carboxylic acids is 2. The molecule has 0 saturated carbocycles. The summed E-state index contributed by atoms with van der Waals surface area (Å²) in [5.41, 5.74) is 2.37. The Morgan fingerprint density at radius 1 is 1.12 bits per heavy atom. The van der Waals surface area contributed by atoms with Crippen LogP contribution in [0.5, 0.6) is 5.75 Å². The normalized spacial score (nSPS) is 14.7. The van der Waals surface area contributed by atoms with Crippen molar-refractivity contribution in [3.05, 3.63) is 82.3 Å². The Morgan fingerprint density at radius 2 is 1.94 bits per heavy atom. The van der Waals surface area contributed by atoms with Crippen LogP contribution in [0.4, 0.5) is 11.4 Å². The van der Waals surface area contributed by atoms with E-state index < -0.39 is 0 Å². The minimum absolute atomic E-state index is 0.00396. The van der Waals surface area contributed by atoms with E-state index in [1.54, 1.807) is 36.3 Å². The molecule has 0 unspecified atom stereocenters. The third-order valence-electron chi connectivity index (χ3n) is 5.42. The fraction of sp³-hybridized carbons (Fsp3) is 0.250. The molecule has 8 nitrogen and oxygen atoms in total. The maximum absolute atomic E-state index is 13.2. The topological polar surface area (TPSA) is 93.5 Å². The molecule has 1 aromatic heterocycles. The van der Waals surface area contributed by atoms with Crippen molar-refractivity contribution in [2.24, 2.45) is 0 Å². The number of anilines is 2. The summed E-state index contributed by atoms with van der Waals surface area (Å²) in [6, 6.07) is 17.5.